The third-order valence-corrected chi connectivity index (χ3v) is 5.43. The van der Waals surface area contributed by atoms with Gasteiger partial charge in [-0.15, -0.1) is 0 Å². The van der Waals surface area contributed by atoms with Crippen LogP contribution in [-0.4, -0.2) is 47.3 Å². The average molecular weight is 453 g/mol. The zero-order valence-electron chi connectivity index (χ0n) is 16.1. The summed E-state index contributed by atoms with van der Waals surface area (Å²) in [5.41, 5.74) is 7.35. The summed E-state index contributed by atoms with van der Waals surface area (Å²) in [5, 5.41) is 4.09. The maximum absolute atomic E-state index is 12.7. The van der Waals surface area contributed by atoms with Gasteiger partial charge in [0.05, 0.1) is 17.3 Å². The number of amides is 1. The molecule has 12 heteroatoms. The van der Waals surface area contributed by atoms with Gasteiger partial charge in [-0.3, -0.25) is 14.0 Å². The highest BCUT2D eigenvalue weighted by Gasteiger charge is 2.18. The fourth-order valence-corrected chi connectivity index (χ4v) is 3.56. The van der Waals surface area contributed by atoms with Crippen LogP contribution in [0.5, 0.6) is 0 Å². The molecule has 1 aromatic carbocycles. The Labute approximate surface area is 174 Å². The lowest BCUT2D eigenvalue weighted by atomic mass is 10.1. The Hall–Kier alpha value is -3.22. The summed E-state index contributed by atoms with van der Waals surface area (Å²) in [6.45, 7) is 3.55. The summed E-state index contributed by atoms with van der Waals surface area (Å²) in [5.74, 6) is -0.698. The summed E-state index contributed by atoms with van der Waals surface area (Å²) in [7, 11) is -5.62. The van der Waals surface area contributed by atoms with Crippen molar-refractivity contribution in [3.8, 4) is 11.1 Å². The molecule has 0 fully saturated rings. The lowest BCUT2D eigenvalue weighted by Gasteiger charge is -2.06. The van der Waals surface area contributed by atoms with Crippen molar-refractivity contribution >= 4 is 31.6 Å². The number of primary amides is 1. The van der Waals surface area contributed by atoms with Crippen molar-refractivity contribution in [2.75, 3.05) is 6.26 Å². The van der Waals surface area contributed by atoms with E-state index in [9.17, 15) is 21.6 Å². The zero-order chi connectivity index (χ0) is 22.7. The zero-order valence-corrected chi connectivity index (χ0v) is 17.8. The Balaban J connectivity index is 0.000000575. The molecule has 0 saturated heterocycles. The SMILES string of the molecule is C=C(C(N)=O)c1ccn(S(=O)(=O)c2ccc(-c3cnn(C)c3)cc2)c1.CS(=O)(=O)O. The maximum atomic E-state index is 12.7. The maximum Gasteiger partial charge on any atom is 0.267 e. The van der Waals surface area contributed by atoms with Crippen LogP contribution in [0.4, 0.5) is 0 Å². The van der Waals surface area contributed by atoms with Crippen molar-refractivity contribution in [1.29, 1.82) is 0 Å². The number of nitrogens with two attached hydrogens (primary N) is 1. The van der Waals surface area contributed by atoms with Gasteiger partial charge >= 0.3 is 0 Å². The Morgan fingerprint density at radius 3 is 2.10 bits per heavy atom. The Morgan fingerprint density at radius 2 is 1.63 bits per heavy atom. The molecular formula is C18H20N4O6S2. The molecule has 0 aliphatic carbocycles. The molecule has 160 valence electrons. The number of rotatable bonds is 5. The lowest BCUT2D eigenvalue weighted by Crippen LogP contribution is -2.13. The van der Waals surface area contributed by atoms with Crippen molar-refractivity contribution in [3.63, 3.8) is 0 Å². The lowest BCUT2D eigenvalue weighted by molar-refractivity contribution is -0.112. The quantitative estimate of drug-likeness (QED) is 0.434. The first kappa shape index (κ1) is 23.1. The third kappa shape index (κ3) is 5.89. The van der Waals surface area contributed by atoms with E-state index in [1.54, 1.807) is 23.0 Å². The predicted molar refractivity (Wildman–Crippen MR) is 111 cm³/mol. The molecule has 0 bridgehead atoms. The highest BCUT2D eigenvalue weighted by atomic mass is 32.2. The van der Waals surface area contributed by atoms with Gasteiger partial charge in [0.25, 0.3) is 20.1 Å². The number of carbonyl (C=O) groups excluding carboxylic acids is 1. The molecule has 3 aromatic rings. The number of carbonyl (C=O) groups is 1. The van der Waals surface area contributed by atoms with Crippen LogP contribution >= 0.6 is 0 Å². The molecule has 3 N–H and O–H groups in total. The van der Waals surface area contributed by atoms with Gasteiger partial charge in [-0.25, -0.2) is 12.4 Å². The van der Waals surface area contributed by atoms with Crippen molar-refractivity contribution in [3.05, 3.63) is 67.3 Å². The molecule has 0 aliphatic rings. The van der Waals surface area contributed by atoms with Gasteiger partial charge in [0.2, 0.25) is 5.91 Å². The standard InChI is InChI=1S/C17H16N4O3S.CH4O3S/c1-12(17(18)22)14-7-8-21(11-14)25(23,24)16-5-3-13(4-6-16)15-9-19-20(2)10-15;1-5(2,3)4/h3-11H,1H2,2H3,(H2,18,22);1H3,(H,2,3,4). The highest BCUT2D eigenvalue weighted by Crippen LogP contribution is 2.23. The number of hydrogen-bond acceptors (Lipinski definition) is 6. The second-order valence-corrected chi connectivity index (χ2v) is 9.55. The number of benzene rings is 1. The first-order valence-corrected chi connectivity index (χ1v) is 11.5. The molecule has 10 nitrogen and oxygen atoms in total. The fourth-order valence-electron chi connectivity index (χ4n) is 2.36. The van der Waals surface area contributed by atoms with E-state index in [-0.39, 0.29) is 10.5 Å². The van der Waals surface area contributed by atoms with Gasteiger partial charge < -0.3 is 5.73 Å². The van der Waals surface area contributed by atoms with Crippen LogP contribution in [-0.2, 0) is 32.0 Å². The smallest absolute Gasteiger partial charge is 0.267 e. The van der Waals surface area contributed by atoms with E-state index >= 15 is 0 Å². The highest BCUT2D eigenvalue weighted by molar-refractivity contribution is 7.90. The van der Waals surface area contributed by atoms with E-state index < -0.39 is 26.0 Å². The van der Waals surface area contributed by atoms with Gasteiger partial charge in [-0.1, -0.05) is 18.7 Å². The minimum Gasteiger partial charge on any atom is -0.366 e. The van der Waals surface area contributed by atoms with Crippen molar-refractivity contribution in [2.45, 2.75) is 4.90 Å². The molecule has 30 heavy (non-hydrogen) atoms. The summed E-state index contributed by atoms with van der Waals surface area (Å²) in [4.78, 5) is 11.3. The van der Waals surface area contributed by atoms with Crippen LogP contribution in [0.2, 0.25) is 0 Å². The number of aromatic nitrogens is 3. The molecule has 0 spiro atoms. The third-order valence-electron chi connectivity index (χ3n) is 3.78. The van der Waals surface area contributed by atoms with Crippen LogP contribution in [0, 0.1) is 0 Å². The van der Waals surface area contributed by atoms with Crippen LogP contribution in [0.15, 0.2) is 66.6 Å². The Kier molecular flexibility index (Phi) is 6.65. The van der Waals surface area contributed by atoms with Crippen molar-refractivity contribution in [1.82, 2.24) is 13.8 Å². The first-order valence-electron chi connectivity index (χ1n) is 8.23. The minimum atomic E-state index is -3.77. The molecule has 0 atom stereocenters. The van der Waals surface area contributed by atoms with Gasteiger partial charge in [0.15, 0.2) is 0 Å². The summed E-state index contributed by atoms with van der Waals surface area (Å²) >= 11 is 0. The first-order chi connectivity index (χ1) is 13.8. The summed E-state index contributed by atoms with van der Waals surface area (Å²) < 4.78 is 54.0. The van der Waals surface area contributed by atoms with Crippen molar-refractivity contribution < 1.29 is 26.2 Å². The molecule has 0 saturated carbocycles. The van der Waals surface area contributed by atoms with Crippen LogP contribution in [0.25, 0.3) is 16.7 Å². The van der Waals surface area contributed by atoms with Gasteiger partial charge in [0, 0.05) is 42.3 Å². The van der Waals surface area contributed by atoms with E-state index in [0.29, 0.717) is 11.8 Å². The van der Waals surface area contributed by atoms with E-state index in [1.165, 1.54) is 30.6 Å². The molecule has 1 amide bonds. The Bertz CT molecular complexity index is 1280. The van der Waals surface area contributed by atoms with E-state index in [4.69, 9.17) is 10.3 Å². The predicted octanol–water partition coefficient (Wildman–Crippen LogP) is 1.13. The van der Waals surface area contributed by atoms with Crippen molar-refractivity contribution in [2.24, 2.45) is 12.8 Å². The van der Waals surface area contributed by atoms with E-state index in [0.717, 1.165) is 15.1 Å². The second kappa shape index (κ2) is 8.65. The van der Waals surface area contributed by atoms with Crippen LogP contribution in [0.3, 0.4) is 0 Å². The monoisotopic (exact) mass is 452 g/mol. The number of nitrogens with zero attached hydrogens (tertiary/aromatic N) is 3. The molecule has 0 radical (unpaired) electrons. The Morgan fingerprint density at radius 1 is 1.07 bits per heavy atom. The molecular weight excluding hydrogens is 432 g/mol. The number of hydrogen-bond donors (Lipinski definition) is 2. The largest absolute Gasteiger partial charge is 0.366 e. The summed E-state index contributed by atoms with van der Waals surface area (Å²) in [6.07, 6.45) is 6.94. The van der Waals surface area contributed by atoms with Crippen LogP contribution < -0.4 is 5.73 Å². The van der Waals surface area contributed by atoms with Gasteiger partial charge in [-0.2, -0.15) is 13.5 Å². The molecule has 2 aromatic heterocycles. The topological polar surface area (TPSA) is 154 Å². The van der Waals surface area contributed by atoms with E-state index in [1.807, 2.05) is 13.2 Å². The second-order valence-electron chi connectivity index (χ2n) is 6.24. The number of aryl methyl sites for hydroxylation is 1. The van der Waals surface area contributed by atoms with Crippen LogP contribution in [0.1, 0.15) is 5.56 Å². The fraction of sp³-hybridized carbons (Fsp3) is 0.111. The summed E-state index contributed by atoms with van der Waals surface area (Å²) in [6, 6.07) is 7.97. The van der Waals surface area contributed by atoms with Gasteiger partial charge in [-0.05, 0) is 23.8 Å². The normalized spacial score (nSPS) is 11.4. The molecule has 3 rings (SSSR count). The average Bonchev–Trinajstić information content (AvgIpc) is 3.29. The van der Waals surface area contributed by atoms with Gasteiger partial charge in [0.1, 0.15) is 0 Å². The van der Waals surface area contributed by atoms with E-state index in [2.05, 4.69) is 11.7 Å². The molecule has 2 heterocycles. The molecule has 0 unspecified atom stereocenters. The minimum absolute atomic E-state index is 0.0564. The molecule has 0 aliphatic heterocycles.